The van der Waals surface area contributed by atoms with Crippen LogP contribution in [0.4, 0.5) is 0 Å². The lowest BCUT2D eigenvalue weighted by molar-refractivity contribution is 0.0776. The second kappa shape index (κ2) is 8.78. The van der Waals surface area contributed by atoms with Gasteiger partial charge in [0.25, 0.3) is 5.91 Å². The largest absolute Gasteiger partial charge is 0.472 e. The Bertz CT molecular complexity index is 822. The minimum Gasteiger partial charge on any atom is -0.472 e. The number of aromatic nitrogens is 2. The molecule has 2 aromatic rings. The van der Waals surface area contributed by atoms with E-state index in [1.165, 1.54) is 11.3 Å². The third-order valence-electron chi connectivity index (χ3n) is 5.56. The van der Waals surface area contributed by atoms with Crippen molar-refractivity contribution < 1.29 is 9.21 Å². The molecule has 0 aliphatic heterocycles. The third-order valence-corrected chi connectivity index (χ3v) is 5.56. The van der Waals surface area contributed by atoms with Crippen LogP contribution in [0, 0.1) is 0 Å². The van der Waals surface area contributed by atoms with Crippen LogP contribution in [-0.4, -0.2) is 51.7 Å². The van der Waals surface area contributed by atoms with Crippen molar-refractivity contribution in [2.75, 3.05) is 20.1 Å². The van der Waals surface area contributed by atoms with Crippen molar-refractivity contribution in [1.29, 1.82) is 0 Å². The number of hydrogen-bond acceptors (Lipinski definition) is 4. The summed E-state index contributed by atoms with van der Waals surface area (Å²) in [5, 5.41) is 4.71. The van der Waals surface area contributed by atoms with Gasteiger partial charge in [0, 0.05) is 49.5 Å². The minimum absolute atomic E-state index is 0.0201. The first-order valence-electron chi connectivity index (χ1n) is 10.2. The smallest absolute Gasteiger partial charge is 0.274 e. The van der Waals surface area contributed by atoms with Crippen molar-refractivity contribution in [1.82, 2.24) is 19.6 Å². The maximum atomic E-state index is 13.2. The third kappa shape index (κ3) is 4.22. The molecule has 0 bridgehead atoms. The van der Waals surface area contributed by atoms with E-state index in [0.717, 1.165) is 50.0 Å². The first-order chi connectivity index (χ1) is 13.4. The lowest BCUT2D eigenvalue weighted by Crippen LogP contribution is -2.40. The van der Waals surface area contributed by atoms with E-state index in [2.05, 4.69) is 32.3 Å². The second-order valence-electron chi connectivity index (χ2n) is 7.80. The van der Waals surface area contributed by atoms with Crippen LogP contribution in [0.5, 0.6) is 0 Å². The number of fused-ring (bicyclic) bond motifs is 1. The molecule has 1 aliphatic rings. The molecule has 0 N–H and O–H groups in total. The second-order valence-corrected chi connectivity index (χ2v) is 7.80. The van der Waals surface area contributed by atoms with Crippen molar-refractivity contribution in [3.8, 4) is 0 Å². The Labute approximate surface area is 167 Å². The number of carbonyl (C=O) groups excluding carboxylic acids is 1. The maximum Gasteiger partial charge on any atom is 0.274 e. The molecule has 2 heterocycles. The molecule has 6 heteroatoms. The highest BCUT2D eigenvalue weighted by Crippen LogP contribution is 2.28. The average Bonchev–Trinajstić information content (AvgIpc) is 3.32. The summed E-state index contributed by atoms with van der Waals surface area (Å²) < 4.78 is 7.14. The van der Waals surface area contributed by atoms with Crippen molar-refractivity contribution in [3.63, 3.8) is 0 Å². The Hall–Kier alpha value is -2.34. The topological polar surface area (TPSA) is 54.5 Å². The minimum atomic E-state index is -0.0201. The molecule has 0 fully saturated rings. The predicted molar refractivity (Wildman–Crippen MR) is 110 cm³/mol. The Morgan fingerprint density at radius 2 is 2.21 bits per heavy atom. The van der Waals surface area contributed by atoms with Crippen LogP contribution in [0.2, 0.25) is 0 Å². The van der Waals surface area contributed by atoms with Crippen LogP contribution in [0.1, 0.15) is 54.5 Å². The molecule has 1 unspecified atom stereocenters. The van der Waals surface area contributed by atoms with Gasteiger partial charge in [-0.15, -0.1) is 0 Å². The molecule has 28 heavy (non-hydrogen) atoms. The van der Waals surface area contributed by atoms with Crippen molar-refractivity contribution in [2.24, 2.45) is 0 Å². The molecule has 2 aromatic heterocycles. The van der Waals surface area contributed by atoms with Crippen LogP contribution in [-0.2, 0) is 25.9 Å². The monoisotopic (exact) mass is 384 g/mol. The summed E-state index contributed by atoms with van der Waals surface area (Å²) in [6.07, 6.45) is 6.24. The molecule has 152 valence electrons. The number of likely N-dealkylation sites (N-methyl/N-ethyl adjacent to an activating group) is 1. The molecule has 1 atom stereocenters. The predicted octanol–water partition coefficient (Wildman–Crippen LogP) is 3.52. The van der Waals surface area contributed by atoms with E-state index in [1.807, 2.05) is 17.8 Å². The summed E-state index contributed by atoms with van der Waals surface area (Å²) in [5.41, 5.74) is 5.12. The number of rotatable bonds is 8. The number of nitrogens with zero attached hydrogens (tertiary/aromatic N) is 4. The Kier molecular flexibility index (Phi) is 6.39. The van der Waals surface area contributed by atoms with E-state index in [9.17, 15) is 4.79 Å². The normalized spacial score (nSPS) is 16.2. The molecule has 0 aromatic carbocycles. The van der Waals surface area contributed by atoms with Gasteiger partial charge in [-0.2, -0.15) is 5.10 Å². The maximum absolute atomic E-state index is 13.2. The zero-order valence-corrected chi connectivity index (χ0v) is 17.6. The van der Waals surface area contributed by atoms with E-state index in [-0.39, 0.29) is 5.91 Å². The number of furan rings is 1. The van der Waals surface area contributed by atoms with E-state index in [4.69, 9.17) is 9.52 Å². The molecule has 1 aliphatic carbocycles. The summed E-state index contributed by atoms with van der Waals surface area (Å²) in [6, 6.07) is 2.31. The zero-order chi connectivity index (χ0) is 20.3. The van der Waals surface area contributed by atoms with Crippen molar-refractivity contribution >= 4 is 5.91 Å². The van der Waals surface area contributed by atoms with E-state index >= 15 is 0 Å². The van der Waals surface area contributed by atoms with Gasteiger partial charge < -0.3 is 9.32 Å². The van der Waals surface area contributed by atoms with Crippen molar-refractivity contribution in [3.05, 3.63) is 53.3 Å². The number of aryl methyl sites for hydroxylation is 1. The summed E-state index contributed by atoms with van der Waals surface area (Å²) in [6.45, 7) is 13.6. The first kappa shape index (κ1) is 20.4. The summed E-state index contributed by atoms with van der Waals surface area (Å²) in [5.74, 6) is -0.0201. The lowest BCUT2D eigenvalue weighted by Gasteiger charge is -2.34. The quantitative estimate of drug-likeness (QED) is 0.654. The van der Waals surface area contributed by atoms with Crippen LogP contribution in [0.3, 0.4) is 0 Å². The molecule has 6 nitrogen and oxygen atoms in total. The van der Waals surface area contributed by atoms with Gasteiger partial charge in [-0.1, -0.05) is 19.1 Å². The SMILES string of the molecule is C=C(C)CN(CC)C1CCc2c(c(C(=O)N(C)Cc3ccoc3)nn2CC)C1. The van der Waals surface area contributed by atoms with E-state index in [0.29, 0.717) is 18.3 Å². The van der Waals surface area contributed by atoms with Gasteiger partial charge in [0.1, 0.15) is 0 Å². The number of carbonyl (C=O) groups is 1. The first-order valence-corrected chi connectivity index (χ1v) is 10.2. The van der Waals surface area contributed by atoms with Crippen molar-refractivity contribution in [2.45, 2.75) is 59.2 Å². The number of amides is 1. The Morgan fingerprint density at radius 1 is 1.43 bits per heavy atom. The van der Waals surface area contributed by atoms with Gasteiger partial charge in [-0.3, -0.25) is 14.4 Å². The zero-order valence-electron chi connectivity index (χ0n) is 17.6. The van der Waals surface area contributed by atoms with Gasteiger partial charge in [-0.25, -0.2) is 0 Å². The van der Waals surface area contributed by atoms with E-state index in [1.54, 1.807) is 17.4 Å². The Morgan fingerprint density at radius 3 is 2.82 bits per heavy atom. The Balaban J connectivity index is 1.85. The average molecular weight is 385 g/mol. The fraction of sp³-hybridized carbons (Fsp3) is 0.545. The highest BCUT2D eigenvalue weighted by Gasteiger charge is 2.32. The van der Waals surface area contributed by atoms with Gasteiger partial charge in [0.15, 0.2) is 5.69 Å². The van der Waals surface area contributed by atoms with Crippen LogP contribution >= 0.6 is 0 Å². The summed E-state index contributed by atoms with van der Waals surface area (Å²) in [4.78, 5) is 17.4. The molecule has 0 saturated carbocycles. The highest BCUT2D eigenvalue weighted by atomic mass is 16.3. The molecular formula is C22H32N4O2. The molecule has 1 amide bonds. The summed E-state index contributed by atoms with van der Waals surface area (Å²) in [7, 11) is 1.83. The molecule has 3 rings (SSSR count). The van der Waals surface area contributed by atoms with Crippen LogP contribution in [0.25, 0.3) is 0 Å². The highest BCUT2D eigenvalue weighted by molar-refractivity contribution is 5.94. The van der Waals surface area contributed by atoms with Gasteiger partial charge in [-0.05, 0) is 45.7 Å². The van der Waals surface area contributed by atoms with Crippen LogP contribution in [0.15, 0.2) is 35.2 Å². The molecular weight excluding hydrogens is 352 g/mol. The number of hydrogen-bond donors (Lipinski definition) is 0. The fourth-order valence-electron chi connectivity index (χ4n) is 4.17. The van der Waals surface area contributed by atoms with Gasteiger partial charge in [0.05, 0.1) is 12.5 Å². The molecule has 0 saturated heterocycles. The van der Waals surface area contributed by atoms with Crippen LogP contribution < -0.4 is 0 Å². The summed E-state index contributed by atoms with van der Waals surface area (Å²) >= 11 is 0. The van der Waals surface area contributed by atoms with Gasteiger partial charge >= 0.3 is 0 Å². The fourth-order valence-corrected chi connectivity index (χ4v) is 4.17. The standard InChI is InChI=1S/C22H32N4O2/c1-6-25(13-16(3)4)18-8-9-20-19(12-18)21(23-26(20)7-2)22(27)24(5)14-17-10-11-28-15-17/h10-11,15,18H,3,6-9,12-14H2,1-2,4-5H3. The van der Waals surface area contributed by atoms with Gasteiger partial charge in [0.2, 0.25) is 0 Å². The lowest BCUT2D eigenvalue weighted by atomic mass is 9.89. The molecule has 0 radical (unpaired) electrons. The molecule has 0 spiro atoms. The van der Waals surface area contributed by atoms with E-state index < -0.39 is 0 Å².